The molecule has 1 aliphatic rings. The topological polar surface area (TPSA) is 121 Å². The van der Waals surface area contributed by atoms with Gasteiger partial charge in [0.1, 0.15) is 35.0 Å². The van der Waals surface area contributed by atoms with E-state index in [1.54, 1.807) is 19.1 Å². The number of ether oxygens (including phenoxy) is 2. The van der Waals surface area contributed by atoms with E-state index in [2.05, 4.69) is 5.32 Å². The first kappa shape index (κ1) is 34.2. The van der Waals surface area contributed by atoms with Gasteiger partial charge in [-0.05, 0) is 49.4 Å². The molecule has 2 atom stereocenters. The van der Waals surface area contributed by atoms with Crippen LogP contribution in [0.3, 0.4) is 0 Å². The van der Waals surface area contributed by atoms with Gasteiger partial charge in [-0.3, -0.25) is 14.2 Å². The van der Waals surface area contributed by atoms with Crippen molar-refractivity contribution in [1.29, 1.82) is 0 Å². The Bertz CT molecular complexity index is 1780. The van der Waals surface area contributed by atoms with E-state index >= 15 is 0 Å². The average molecular weight is 653 g/mol. The minimum absolute atomic E-state index is 0.193. The van der Waals surface area contributed by atoms with Crippen molar-refractivity contribution < 1.29 is 41.0 Å². The van der Waals surface area contributed by atoms with E-state index in [1.165, 1.54) is 25.6 Å². The molecule has 10 nitrogen and oxygen atoms in total. The summed E-state index contributed by atoms with van der Waals surface area (Å²) in [5, 5.41) is 4.29. The Balaban J connectivity index is 1.68. The largest absolute Gasteiger partial charge is 0.493 e. The van der Waals surface area contributed by atoms with Crippen LogP contribution >= 0.6 is 0 Å². The maximum absolute atomic E-state index is 14.9. The predicted molar refractivity (Wildman–Crippen MR) is 158 cm³/mol. The molecule has 0 fully saturated rings. The lowest BCUT2D eigenvalue weighted by atomic mass is 9.90. The number of carbonyl (C=O) groups is 2. The van der Waals surface area contributed by atoms with Crippen molar-refractivity contribution >= 4 is 17.6 Å². The van der Waals surface area contributed by atoms with Crippen molar-refractivity contribution in [2.45, 2.75) is 57.8 Å². The van der Waals surface area contributed by atoms with Gasteiger partial charge < -0.3 is 24.7 Å². The molecule has 15 heteroatoms. The van der Waals surface area contributed by atoms with Gasteiger partial charge in [0.25, 0.3) is 11.5 Å². The zero-order valence-corrected chi connectivity index (χ0v) is 25.7. The number of fused-ring (bicyclic) bond motifs is 1. The monoisotopic (exact) mass is 652 g/mol. The highest BCUT2D eigenvalue weighted by atomic mass is 19.4. The lowest BCUT2D eigenvalue weighted by Crippen LogP contribution is -2.44. The first-order chi connectivity index (χ1) is 21.6. The molecule has 0 saturated heterocycles. The highest BCUT2D eigenvalue weighted by Gasteiger charge is 2.38. The van der Waals surface area contributed by atoms with Gasteiger partial charge in [-0.1, -0.05) is 19.1 Å². The van der Waals surface area contributed by atoms with Crippen molar-refractivity contribution in [2.24, 2.45) is 14.1 Å². The summed E-state index contributed by atoms with van der Waals surface area (Å²) in [5.41, 5.74) is -0.409. The van der Waals surface area contributed by atoms with Crippen molar-refractivity contribution in [1.82, 2.24) is 14.5 Å². The summed E-state index contributed by atoms with van der Waals surface area (Å²) < 4.78 is 82.5. The molecule has 2 heterocycles. The van der Waals surface area contributed by atoms with Crippen LogP contribution in [-0.2, 0) is 36.5 Å². The molecule has 0 radical (unpaired) electrons. The third-order valence-corrected chi connectivity index (χ3v) is 8.03. The van der Waals surface area contributed by atoms with Crippen LogP contribution in [0.15, 0.2) is 33.9 Å². The lowest BCUT2D eigenvalue weighted by Gasteiger charge is -2.26. The van der Waals surface area contributed by atoms with Crippen LogP contribution in [0.1, 0.15) is 46.9 Å². The van der Waals surface area contributed by atoms with Crippen molar-refractivity contribution in [2.75, 3.05) is 19.0 Å². The first-order valence-electron chi connectivity index (χ1n) is 14.4. The van der Waals surface area contributed by atoms with Gasteiger partial charge in [-0.25, -0.2) is 18.4 Å². The van der Waals surface area contributed by atoms with Crippen molar-refractivity contribution in [3.05, 3.63) is 79.1 Å². The fourth-order valence-electron chi connectivity index (χ4n) is 5.45. The van der Waals surface area contributed by atoms with Gasteiger partial charge in [-0.15, -0.1) is 0 Å². The van der Waals surface area contributed by atoms with Crippen LogP contribution in [0.5, 0.6) is 5.75 Å². The molecule has 0 saturated carbocycles. The third-order valence-electron chi connectivity index (χ3n) is 8.03. The Hall–Kier alpha value is -4.69. The average Bonchev–Trinajstić information content (AvgIpc) is 3.00. The molecule has 4 rings (SSSR count). The maximum atomic E-state index is 14.9. The predicted octanol–water partition coefficient (Wildman–Crippen LogP) is 3.93. The molecule has 2 N–H and O–H groups in total. The second-order valence-electron chi connectivity index (χ2n) is 10.9. The molecule has 2 aromatic carbocycles. The van der Waals surface area contributed by atoms with E-state index in [-0.39, 0.29) is 12.0 Å². The number of aromatic nitrogens is 2. The molecule has 0 bridgehead atoms. The highest BCUT2D eigenvalue weighted by molar-refractivity contribution is 5.97. The number of benzene rings is 2. The minimum atomic E-state index is -4.68. The highest BCUT2D eigenvalue weighted by Crippen LogP contribution is 2.38. The molecule has 0 unspecified atom stereocenters. The summed E-state index contributed by atoms with van der Waals surface area (Å²) in [5.74, 6) is -4.77. The van der Waals surface area contributed by atoms with Crippen LogP contribution < -0.4 is 26.6 Å². The number of amides is 1. The SMILES string of the molecule is CC[C@@H](Nc1cc(F)c(C(=O)N[C@@H](Cc2ccc(-c3c(C)n(C)c(=O)n(C)c3=O)c3c2CCCO3)C(=O)OC)c(F)c1)C(F)(F)F. The molecule has 46 heavy (non-hydrogen) atoms. The summed E-state index contributed by atoms with van der Waals surface area (Å²) in [7, 11) is 3.96. The van der Waals surface area contributed by atoms with Crippen LogP contribution in [-0.4, -0.2) is 53.0 Å². The smallest absolute Gasteiger partial charge is 0.408 e. The molecule has 3 aromatic rings. The summed E-state index contributed by atoms with van der Waals surface area (Å²) in [6.45, 7) is 3.21. The molecule has 0 spiro atoms. The van der Waals surface area contributed by atoms with Crippen LogP contribution in [0, 0.1) is 18.6 Å². The Labute approximate surface area is 260 Å². The number of nitrogens with zero attached hydrogens (tertiary/aromatic N) is 2. The number of methoxy groups -OCH3 is 1. The first-order valence-corrected chi connectivity index (χ1v) is 14.4. The quantitative estimate of drug-likeness (QED) is 0.266. The van der Waals surface area contributed by atoms with Crippen molar-refractivity contribution in [3.8, 4) is 16.9 Å². The third kappa shape index (κ3) is 6.63. The lowest BCUT2D eigenvalue weighted by molar-refractivity contribution is -0.143. The van der Waals surface area contributed by atoms with Gasteiger partial charge in [0.05, 0.1) is 19.3 Å². The Kier molecular flexibility index (Phi) is 9.92. The number of esters is 1. The van der Waals surface area contributed by atoms with E-state index in [1.807, 2.05) is 5.32 Å². The van der Waals surface area contributed by atoms with Crippen LogP contribution in [0.25, 0.3) is 11.1 Å². The molecule has 1 amide bonds. The molecular weight excluding hydrogens is 619 g/mol. The van der Waals surface area contributed by atoms with Crippen LogP contribution in [0.4, 0.5) is 27.6 Å². The zero-order chi connectivity index (χ0) is 34.1. The molecule has 0 aliphatic carbocycles. The number of carbonyl (C=O) groups excluding carboxylic acids is 2. The van der Waals surface area contributed by atoms with Gasteiger partial charge >= 0.3 is 17.8 Å². The van der Waals surface area contributed by atoms with Crippen LogP contribution in [0.2, 0.25) is 0 Å². The number of rotatable bonds is 9. The minimum Gasteiger partial charge on any atom is -0.493 e. The number of nitrogens with one attached hydrogen (secondary N) is 2. The fourth-order valence-corrected chi connectivity index (χ4v) is 5.45. The Morgan fingerprint density at radius 3 is 2.33 bits per heavy atom. The summed E-state index contributed by atoms with van der Waals surface area (Å²) in [6, 6.07) is 0.848. The van der Waals surface area contributed by atoms with Gasteiger partial charge in [-0.2, -0.15) is 13.2 Å². The molecule has 248 valence electrons. The maximum Gasteiger partial charge on any atom is 0.408 e. The van der Waals surface area contributed by atoms with E-state index in [0.717, 1.165) is 11.7 Å². The number of halogens is 5. The number of alkyl halides is 3. The summed E-state index contributed by atoms with van der Waals surface area (Å²) >= 11 is 0. The van der Waals surface area contributed by atoms with Gasteiger partial charge in [0.15, 0.2) is 0 Å². The number of hydrogen-bond acceptors (Lipinski definition) is 7. The van der Waals surface area contributed by atoms with E-state index in [9.17, 15) is 41.1 Å². The molecule has 1 aromatic heterocycles. The zero-order valence-electron chi connectivity index (χ0n) is 25.7. The fraction of sp³-hybridized carbons (Fsp3) is 0.419. The standard InChI is InChI=1S/C31H33F5N4O6/c1-6-23(31(34,35)36)37-17-13-20(32)25(21(33)14-17)27(41)38-22(29(43)45-5)12-16-9-10-19(26-18(16)8-7-11-46-26)24-15(2)39(3)30(44)40(4)28(24)42/h9-10,13-14,22-23,37H,6-8,11-12H2,1-5H3,(H,38,41)/t22-,23+/m0/s1. The van der Waals surface area contributed by atoms with E-state index < -0.39 is 70.7 Å². The van der Waals surface area contributed by atoms with E-state index in [4.69, 9.17) is 9.47 Å². The summed E-state index contributed by atoms with van der Waals surface area (Å²) in [4.78, 5) is 51.4. The Morgan fingerprint density at radius 1 is 1.09 bits per heavy atom. The second-order valence-corrected chi connectivity index (χ2v) is 10.9. The molecular formula is C31H33F5N4O6. The normalized spacial score (nSPS) is 14.1. The van der Waals surface area contributed by atoms with Gasteiger partial charge in [0, 0.05) is 37.5 Å². The Morgan fingerprint density at radius 2 is 1.74 bits per heavy atom. The number of anilines is 1. The van der Waals surface area contributed by atoms with E-state index in [0.29, 0.717) is 59.7 Å². The summed E-state index contributed by atoms with van der Waals surface area (Å²) in [6.07, 6.45) is -4.22. The second kappa shape index (κ2) is 13.3. The van der Waals surface area contributed by atoms with Gasteiger partial charge in [0.2, 0.25) is 0 Å². The molecule has 1 aliphatic heterocycles. The van der Waals surface area contributed by atoms with Crippen molar-refractivity contribution in [3.63, 3.8) is 0 Å². The number of hydrogen-bond donors (Lipinski definition) is 2.